The molecule has 1 aromatic heterocycles. The van der Waals surface area contributed by atoms with Gasteiger partial charge in [-0.3, -0.25) is 0 Å². The van der Waals surface area contributed by atoms with Crippen LogP contribution in [0.25, 0.3) is 10.9 Å². The molecule has 0 saturated carbocycles. The molecule has 0 aliphatic rings. The topological polar surface area (TPSA) is 40.2 Å². The van der Waals surface area contributed by atoms with Gasteiger partial charge in [0.1, 0.15) is 0 Å². The van der Waals surface area contributed by atoms with E-state index in [2.05, 4.69) is 30.7 Å². The zero-order chi connectivity index (χ0) is 14.5. The Hall–Kier alpha value is -1.03. The van der Waals surface area contributed by atoms with Crippen LogP contribution in [0.15, 0.2) is 24.4 Å². The van der Waals surface area contributed by atoms with E-state index >= 15 is 0 Å². The Balaban J connectivity index is 2.16. The first-order valence-corrected chi connectivity index (χ1v) is 7.54. The molecule has 1 heterocycles. The SMILES string of the molecule is CC(C)COCCn1cc(CCN)c2ccc(Cl)cc21. The van der Waals surface area contributed by atoms with Gasteiger partial charge in [-0.15, -0.1) is 0 Å². The lowest BCUT2D eigenvalue weighted by atomic mass is 10.1. The molecule has 0 radical (unpaired) electrons. The molecule has 2 aromatic rings. The van der Waals surface area contributed by atoms with Crippen LogP contribution in [0.4, 0.5) is 0 Å². The minimum absolute atomic E-state index is 0.568. The number of hydrogen-bond acceptors (Lipinski definition) is 2. The van der Waals surface area contributed by atoms with E-state index in [1.54, 1.807) is 0 Å². The van der Waals surface area contributed by atoms with E-state index in [0.29, 0.717) is 12.5 Å². The van der Waals surface area contributed by atoms with Crippen molar-refractivity contribution in [3.63, 3.8) is 0 Å². The summed E-state index contributed by atoms with van der Waals surface area (Å²) in [7, 11) is 0. The molecule has 4 heteroatoms. The highest BCUT2D eigenvalue weighted by atomic mass is 35.5. The van der Waals surface area contributed by atoms with Crippen LogP contribution in [0.1, 0.15) is 19.4 Å². The lowest BCUT2D eigenvalue weighted by molar-refractivity contribution is 0.104. The molecule has 2 N–H and O–H groups in total. The zero-order valence-corrected chi connectivity index (χ0v) is 13.0. The molecule has 0 atom stereocenters. The minimum atomic E-state index is 0.568. The predicted molar refractivity (Wildman–Crippen MR) is 85.4 cm³/mol. The number of fused-ring (bicyclic) bond motifs is 1. The third-order valence-corrected chi connectivity index (χ3v) is 3.50. The molecule has 0 bridgehead atoms. The highest BCUT2D eigenvalue weighted by Crippen LogP contribution is 2.25. The Morgan fingerprint density at radius 3 is 2.85 bits per heavy atom. The van der Waals surface area contributed by atoms with Crippen molar-refractivity contribution < 1.29 is 4.74 Å². The number of aromatic nitrogens is 1. The second kappa shape index (κ2) is 7.11. The fourth-order valence-corrected chi connectivity index (χ4v) is 2.53. The third-order valence-electron chi connectivity index (χ3n) is 3.27. The Morgan fingerprint density at radius 2 is 2.15 bits per heavy atom. The van der Waals surface area contributed by atoms with Crippen LogP contribution in [0.5, 0.6) is 0 Å². The van der Waals surface area contributed by atoms with Crippen LogP contribution in [-0.4, -0.2) is 24.3 Å². The first kappa shape index (κ1) is 15.4. The molecule has 1 aromatic carbocycles. The van der Waals surface area contributed by atoms with Crippen LogP contribution in [0.3, 0.4) is 0 Å². The first-order valence-electron chi connectivity index (χ1n) is 7.17. The van der Waals surface area contributed by atoms with Crippen molar-refractivity contribution in [1.29, 1.82) is 0 Å². The largest absolute Gasteiger partial charge is 0.379 e. The number of halogens is 1. The van der Waals surface area contributed by atoms with Crippen LogP contribution in [0, 0.1) is 5.92 Å². The maximum absolute atomic E-state index is 6.11. The molecule has 0 aliphatic carbocycles. The molecule has 0 spiro atoms. The van der Waals surface area contributed by atoms with Crippen molar-refractivity contribution in [3.8, 4) is 0 Å². The van der Waals surface area contributed by atoms with Crippen molar-refractivity contribution >= 4 is 22.5 Å². The Bertz CT molecular complexity index is 563. The van der Waals surface area contributed by atoms with Gasteiger partial charge >= 0.3 is 0 Å². The van der Waals surface area contributed by atoms with Gasteiger partial charge in [-0.25, -0.2) is 0 Å². The second-order valence-corrected chi connectivity index (χ2v) is 5.95. The smallest absolute Gasteiger partial charge is 0.0645 e. The summed E-state index contributed by atoms with van der Waals surface area (Å²) >= 11 is 6.11. The molecule has 0 saturated heterocycles. The van der Waals surface area contributed by atoms with Crippen LogP contribution >= 0.6 is 11.6 Å². The van der Waals surface area contributed by atoms with Crippen LogP contribution in [0.2, 0.25) is 5.02 Å². The van der Waals surface area contributed by atoms with Gasteiger partial charge in [0, 0.05) is 35.3 Å². The van der Waals surface area contributed by atoms with E-state index < -0.39 is 0 Å². The number of benzene rings is 1. The number of ether oxygens (including phenoxy) is 1. The van der Waals surface area contributed by atoms with Gasteiger partial charge in [0.25, 0.3) is 0 Å². The molecular weight excluding hydrogens is 272 g/mol. The monoisotopic (exact) mass is 294 g/mol. The summed E-state index contributed by atoms with van der Waals surface area (Å²) in [5, 5.41) is 2.00. The fraction of sp³-hybridized carbons (Fsp3) is 0.500. The van der Waals surface area contributed by atoms with E-state index in [0.717, 1.165) is 36.7 Å². The highest BCUT2D eigenvalue weighted by molar-refractivity contribution is 6.31. The summed E-state index contributed by atoms with van der Waals surface area (Å²) in [6.07, 6.45) is 3.06. The fourth-order valence-electron chi connectivity index (χ4n) is 2.36. The van der Waals surface area contributed by atoms with Gasteiger partial charge in [-0.1, -0.05) is 31.5 Å². The lowest BCUT2D eigenvalue weighted by Gasteiger charge is -2.08. The Morgan fingerprint density at radius 1 is 1.35 bits per heavy atom. The predicted octanol–water partition coefficient (Wildman–Crippen LogP) is 3.47. The zero-order valence-electron chi connectivity index (χ0n) is 12.2. The van der Waals surface area contributed by atoms with E-state index in [1.165, 1.54) is 10.9 Å². The molecule has 0 unspecified atom stereocenters. The molecule has 0 aliphatic heterocycles. The average molecular weight is 295 g/mol. The molecular formula is C16H23ClN2O. The summed E-state index contributed by atoms with van der Waals surface area (Å²) in [5.41, 5.74) is 8.13. The summed E-state index contributed by atoms with van der Waals surface area (Å²) in [5.74, 6) is 0.568. The van der Waals surface area contributed by atoms with Gasteiger partial charge in [-0.2, -0.15) is 0 Å². The van der Waals surface area contributed by atoms with Gasteiger partial charge in [0.05, 0.1) is 6.61 Å². The standard InChI is InChI=1S/C16H23ClN2O/c1-12(2)11-20-8-7-19-10-13(5-6-18)15-4-3-14(17)9-16(15)19/h3-4,9-10,12H,5-8,11,18H2,1-2H3. The number of rotatable bonds is 7. The average Bonchev–Trinajstić information content (AvgIpc) is 2.73. The summed E-state index contributed by atoms with van der Waals surface area (Å²) < 4.78 is 7.88. The minimum Gasteiger partial charge on any atom is -0.379 e. The van der Waals surface area contributed by atoms with E-state index in [1.807, 2.05) is 12.1 Å². The Labute approximate surface area is 125 Å². The van der Waals surface area contributed by atoms with Crippen LogP contribution < -0.4 is 5.73 Å². The van der Waals surface area contributed by atoms with Gasteiger partial charge in [0.2, 0.25) is 0 Å². The van der Waals surface area contributed by atoms with E-state index in [-0.39, 0.29) is 0 Å². The quantitative estimate of drug-likeness (QED) is 0.794. The normalized spacial score (nSPS) is 11.7. The van der Waals surface area contributed by atoms with Gasteiger partial charge in [-0.05, 0) is 36.6 Å². The van der Waals surface area contributed by atoms with Crippen LogP contribution in [-0.2, 0) is 17.7 Å². The highest BCUT2D eigenvalue weighted by Gasteiger charge is 2.08. The maximum Gasteiger partial charge on any atom is 0.0645 e. The second-order valence-electron chi connectivity index (χ2n) is 5.52. The molecule has 0 amide bonds. The van der Waals surface area contributed by atoms with Crippen molar-refractivity contribution in [3.05, 3.63) is 35.0 Å². The Kier molecular flexibility index (Phi) is 5.46. The van der Waals surface area contributed by atoms with E-state index in [9.17, 15) is 0 Å². The molecule has 3 nitrogen and oxygen atoms in total. The summed E-state index contributed by atoms with van der Waals surface area (Å²) in [6, 6.07) is 6.02. The van der Waals surface area contributed by atoms with Crippen molar-refractivity contribution in [1.82, 2.24) is 4.57 Å². The van der Waals surface area contributed by atoms with Gasteiger partial charge in [0.15, 0.2) is 0 Å². The lowest BCUT2D eigenvalue weighted by Crippen LogP contribution is -2.09. The summed E-state index contributed by atoms with van der Waals surface area (Å²) in [6.45, 7) is 7.33. The van der Waals surface area contributed by atoms with Crippen molar-refractivity contribution in [2.75, 3.05) is 19.8 Å². The van der Waals surface area contributed by atoms with E-state index in [4.69, 9.17) is 22.1 Å². The first-order chi connectivity index (χ1) is 9.61. The number of nitrogens with zero attached hydrogens (tertiary/aromatic N) is 1. The molecule has 0 fully saturated rings. The van der Waals surface area contributed by atoms with Gasteiger partial charge < -0.3 is 15.0 Å². The third kappa shape index (κ3) is 3.75. The van der Waals surface area contributed by atoms with Crippen molar-refractivity contribution in [2.24, 2.45) is 11.7 Å². The molecule has 20 heavy (non-hydrogen) atoms. The van der Waals surface area contributed by atoms with Crippen molar-refractivity contribution in [2.45, 2.75) is 26.8 Å². The molecule has 2 rings (SSSR count). The summed E-state index contributed by atoms with van der Waals surface area (Å²) in [4.78, 5) is 0. The number of hydrogen-bond donors (Lipinski definition) is 1. The molecule has 110 valence electrons. The maximum atomic E-state index is 6.11. The number of nitrogens with two attached hydrogens (primary N) is 1.